The predicted molar refractivity (Wildman–Crippen MR) is 70.2 cm³/mol. The largest absolute Gasteiger partial charge is 0.387 e. The number of benzene rings is 1. The van der Waals surface area contributed by atoms with Crippen molar-refractivity contribution in [2.45, 2.75) is 12.6 Å². The molecule has 2 aromatic rings. The molecule has 0 aliphatic carbocycles. The Bertz CT molecular complexity index is 461. The van der Waals surface area contributed by atoms with E-state index in [-0.39, 0.29) is 0 Å². The van der Waals surface area contributed by atoms with Gasteiger partial charge in [-0.15, -0.1) is 11.3 Å². The lowest BCUT2D eigenvalue weighted by molar-refractivity contribution is 0.174. The average Bonchev–Trinajstić information content (AvgIpc) is 2.76. The van der Waals surface area contributed by atoms with Crippen LogP contribution in [0.5, 0.6) is 0 Å². The van der Waals surface area contributed by atoms with Crippen molar-refractivity contribution in [2.75, 3.05) is 6.54 Å². The van der Waals surface area contributed by atoms with E-state index in [1.165, 1.54) is 11.3 Å². The molecule has 0 spiro atoms. The van der Waals surface area contributed by atoms with E-state index in [0.29, 0.717) is 17.4 Å². The molecule has 0 amide bonds. The molecule has 17 heavy (non-hydrogen) atoms. The van der Waals surface area contributed by atoms with Crippen molar-refractivity contribution in [2.24, 2.45) is 0 Å². The second-order valence-corrected chi connectivity index (χ2v) is 5.36. The smallest absolute Gasteiger partial charge is 0.113 e. The fourth-order valence-corrected chi connectivity index (χ4v) is 2.40. The number of hydrogen-bond donors (Lipinski definition) is 2. The van der Waals surface area contributed by atoms with Gasteiger partial charge in [-0.05, 0) is 5.56 Å². The van der Waals surface area contributed by atoms with Gasteiger partial charge in [-0.25, -0.2) is 4.98 Å². The minimum absolute atomic E-state index is 0.494. The number of aliphatic hydroxyl groups is 1. The molecule has 0 aliphatic heterocycles. The first-order chi connectivity index (χ1) is 8.25. The highest BCUT2D eigenvalue weighted by Crippen LogP contribution is 2.18. The zero-order chi connectivity index (χ0) is 12.1. The first kappa shape index (κ1) is 12.5. The standard InChI is InChI=1S/C12H13ClN2OS/c13-11-7-15-12(17-11)8-14-6-10(16)9-4-2-1-3-5-9/h1-5,7,10,14,16H,6,8H2. The number of nitrogens with one attached hydrogen (secondary N) is 1. The van der Waals surface area contributed by atoms with Crippen LogP contribution >= 0.6 is 22.9 Å². The molecule has 1 unspecified atom stereocenters. The number of halogens is 1. The van der Waals surface area contributed by atoms with Gasteiger partial charge in [0.05, 0.1) is 12.3 Å². The average molecular weight is 269 g/mol. The summed E-state index contributed by atoms with van der Waals surface area (Å²) in [6, 6.07) is 9.58. The normalized spacial score (nSPS) is 12.6. The van der Waals surface area contributed by atoms with Gasteiger partial charge >= 0.3 is 0 Å². The highest BCUT2D eigenvalue weighted by atomic mass is 35.5. The van der Waals surface area contributed by atoms with Gasteiger partial charge in [-0.3, -0.25) is 0 Å². The van der Waals surface area contributed by atoms with Crippen LogP contribution in [0.3, 0.4) is 0 Å². The topological polar surface area (TPSA) is 45.1 Å². The van der Waals surface area contributed by atoms with Crippen LogP contribution in [-0.2, 0) is 6.54 Å². The molecule has 1 aromatic heterocycles. The Hall–Kier alpha value is -0.940. The Morgan fingerprint density at radius 2 is 2.12 bits per heavy atom. The molecule has 0 bridgehead atoms. The number of hydrogen-bond acceptors (Lipinski definition) is 4. The van der Waals surface area contributed by atoms with Gasteiger partial charge < -0.3 is 10.4 Å². The van der Waals surface area contributed by atoms with Gasteiger partial charge in [0.1, 0.15) is 9.34 Å². The molecule has 1 aromatic carbocycles. The molecule has 0 saturated carbocycles. The van der Waals surface area contributed by atoms with Gasteiger partial charge in [0.25, 0.3) is 0 Å². The van der Waals surface area contributed by atoms with Crippen molar-refractivity contribution in [3.63, 3.8) is 0 Å². The van der Waals surface area contributed by atoms with E-state index in [9.17, 15) is 5.11 Å². The second kappa shape index (κ2) is 6.12. The van der Waals surface area contributed by atoms with Crippen molar-refractivity contribution in [1.82, 2.24) is 10.3 Å². The van der Waals surface area contributed by atoms with Gasteiger partial charge in [-0.2, -0.15) is 0 Å². The third-order valence-electron chi connectivity index (χ3n) is 2.32. The highest BCUT2D eigenvalue weighted by molar-refractivity contribution is 7.15. The number of rotatable bonds is 5. The van der Waals surface area contributed by atoms with Crippen LogP contribution in [0.4, 0.5) is 0 Å². The third-order valence-corrected chi connectivity index (χ3v) is 3.44. The van der Waals surface area contributed by atoms with E-state index in [0.717, 1.165) is 10.6 Å². The molecule has 3 nitrogen and oxygen atoms in total. The van der Waals surface area contributed by atoms with E-state index >= 15 is 0 Å². The summed E-state index contributed by atoms with van der Waals surface area (Å²) in [6.45, 7) is 1.13. The minimum atomic E-state index is -0.494. The summed E-state index contributed by atoms with van der Waals surface area (Å²) < 4.78 is 0.686. The first-order valence-corrected chi connectivity index (χ1v) is 6.49. The lowest BCUT2D eigenvalue weighted by Crippen LogP contribution is -2.20. The summed E-state index contributed by atoms with van der Waals surface area (Å²) in [5.41, 5.74) is 0.914. The summed E-state index contributed by atoms with van der Waals surface area (Å²) in [5.74, 6) is 0. The van der Waals surface area contributed by atoms with Gasteiger partial charge in [0, 0.05) is 13.1 Å². The molecule has 90 valence electrons. The molecule has 1 atom stereocenters. The van der Waals surface area contributed by atoms with Crippen molar-refractivity contribution in [3.05, 3.63) is 51.4 Å². The molecule has 2 N–H and O–H groups in total. The Labute approximate surface area is 109 Å². The third kappa shape index (κ3) is 3.78. The van der Waals surface area contributed by atoms with Crippen LogP contribution in [0, 0.1) is 0 Å². The maximum Gasteiger partial charge on any atom is 0.113 e. The van der Waals surface area contributed by atoms with Crippen LogP contribution < -0.4 is 5.32 Å². The lowest BCUT2D eigenvalue weighted by atomic mass is 10.1. The van der Waals surface area contributed by atoms with E-state index in [2.05, 4.69) is 10.3 Å². The zero-order valence-electron chi connectivity index (χ0n) is 9.14. The van der Waals surface area contributed by atoms with Crippen molar-refractivity contribution in [1.29, 1.82) is 0 Å². The van der Waals surface area contributed by atoms with E-state index < -0.39 is 6.10 Å². The first-order valence-electron chi connectivity index (χ1n) is 5.29. The SMILES string of the molecule is OC(CNCc1ncc(Cl)s1)c1ccccc1. The molecule has 0 radical (unpaired) electrons. The van der Waals surface area contributed by atoms with Crippen LogP contribution in [-0.4, -0.2) is 16.6 Å². The number of nitrogens with zero attached hydrogens (tertiary/aromatic N) is 1. The molecular formula is C12H13ClN2OS. The maximum atomic E-state index is 9.90. The van der Waals surface area contributed by atoms with Crippen molar-refractivity contribution in [3.8, 4) is 0 Å². The molecule has 0 saturated heterocycles. The van der Waals surface area contributed by atoms with Crippen LogP contribution in [0.2, 0.25) is 4.34 Å². The molecular weight excluding hydrogens is 256 g/mol. The molecule has 1 heterocycles. The summed E-state index contributed by atoms with van der Waals surface area (Å²) in [7, 11) is 0. The van der Waals surface area contributed by atoms with Gasteiger partial charge in [-0.1, -0.05) is 41.9 Å². The number of aliphatic hydroxyl groups excluding tert-OH is 1. The van der Waals surface area contributed by atoms with E-state index in [1.807, 2.05) is 30.3 Å². The van der Waals surface area contributed by atoms with Gasteiger partial charge in [0.15, 0.2) is 0 Å². The fourth-order valence-electron chi connectivity index (χ4n) is 1.48. The predicted octanol–water partition coefficient (Wildman–Crippen LogP) is 2.62. The number of thiazole rings is 1. The van der Waals surface area contributed by atoms with E-state index in [1.54, 1.807) is 6.20 Å². The maximum absolute atomic E-state index is 9.90. The summed E-state index contributed by atoms with van der Waals surface area (Å²) in [6.07, 6.45) is 1.14. The highest BCUT2D eigenvalue weighted by Gasteiger charge is 2.06. The van der Waals surface area contributed by atoms with Crippen LogP contribution in [0.1, 0.15) is 16.7 Å². The Morgan fingerprint density at radius 3 is 2.76 bits per heavy atom. The second-order valence-electron chi connectivity index (χ2n) is 3.62. The molecule has 0 aliphatic rings. The Morgan fingerprint density at radius 1 is 1.35 bits per heavy atom. The molecule has 2 rings (SSSR count). The number of aromatic nitrogens is 1. The monoisotopic (exact) mass is 268 g/mol. The van der Waals surface area contributed by atoms with Crippen LogP contribution in [0.15, 0.2) is 36.5 Å². The summed E-state index contributed by atoms with van der Waals surface area (Å²) in [4.78, 5) is 4.13. The fraction of sp³-hybridized carbons (Fsp3) is 0.250. The Kier molecular flexibility index (Phi) is 4.50. The minimum Gasteiger partial charge on any atom is -0.387 e. The van der Waals surface area contributed by atoms with Crippen molar-refractivity contribution >= 4 is 22.9 Å². The van der Waals surface area contributed by atoms with Crippen LogP contribution in [0.25, 0.3) is 0 Å². The van der Waals surface area contributed by atoms with Crippen molar-refractivity contribution < 1.29 is 5.11 Å². The zero-order valence-corrected chi connectivity index (χ0v) is 10.7. The van der Waals surface area contributed by atoms with E-state index in [4.69, 9.17) is 11.6 Å². The quantitative estimate of drug-likeness (QED) is 0.876. The molecule has 5 heteroatoms. The summed E-state index contributed by atoms with van der Waals surface area (Å²) in [5, 5.41) is 14.0. The Balaban J connectivity index is 1.79. The van der Waals surface area contributed by atoms with Gasteiger partial charge in [0.2, 0.25) is 0 Å². The summed E-state index contributed by atoms with van der Waals surface area (Å²) >= 11 is 7.22. The lowest BCUT2D eigenvalue weighted by Gasteiger charge is -2.11. The molecule has 0 fully saturated rings.